The summed E-state index contributed by atoms with van der Waals surface area (Å²) in [5.41, 5.74) is 2.17. The number of hydrogen-bond acceptors (Lipinski definition) is 5. The summed E-state index contributed by atoms with van der Waals surface area (Å²) >= 11 is 0. The Balaban J connectivity index is 1.48. The zero-order valence-electron chi connectivity index (χ0n) is 14.0. The van der Waals surface area contributed by atoms with E-state index in [9.17, 15) is 0 Å². The molecule has 1 fully saturated rings. The fourth-order valence-corrected chi connectivity index (χ4v) is 3.51. The number of nitrogens with zero attached hydrogens (tertiary/aromatic N) is 6. The average Bonchev–Trinajstić information content (AvgIpc) is 3.22. The molecule has 1 saturated heterocycles. The lowest BCUT2D eigenvalue weighted by atomic mass is 9.97. The Kier molecular flexibility index (Phi) is 4.25. The van der Waals surface area contributed by atoms with Gasteiger partial charge in [-0.2, -0.15) is 0 Å². The van der Waals surface area contributed by atoms with Crippen LogP contribution in [0.5, 0.6) is 0 Å². The molecule has 0 aliphatic carbocycles. The van der Waals surface area contributed by atoms with Crippen molar-refractivity contribution in [2.45, 2.75) is 45.2 Å². The quantitative estimate of drug-likeness (QED) is 0.779. The van der Waals surface area contributed by atoms with Gasteiger partial charge in [0.05, 0.1) is 17.6 Å². The monoisotopic (exact) mass is 325 g/mol. The van der Waals surface area contributed by atoms with Gasteiger partial charge in [0.1, 0.15) is 5.82 Å². The number of aromatic nitrogens is 6. The summed E-state index contributed by atoms with van der Waals surface area (Å²) < 4.78 is 1.92. The molecule has 24 heavy (non-hydrogen) atoms. The van der Waals surface area contributed by atoms with Crippen molar-refractivity contribution in [3.8, 4) is 0 Å². The fourth-order valence-electron chi connectivity index (χ4n) is 3.51. The molecule has 2 aromatic heterocycles. The van der Waals surface area contributed by atoms with Crippen molar-refractivity contribution < 1.29 is 0 Å². The Labute approximate surface area is 141 Å². The number of H-pyrrole nitrogens is 1. The molecule has 1 aromatic carbocycles. The molecule has 3 aromatic rings. The van der Waals surface area contributed by atoms with Gasteiger partial charge in [0.2, 0.25) is 0 Å². The van der Waals surface area contributed by atoms with Crippen LogP contribution < -0.4 is 0 Å². The summed E-state index contributed by atoms with van der Waals surface area (Å²) in [7, 11) is 0. The lowest BCUT2D eigenvalue weighted by Gasteiger charge is -2.31. The van der Waals surface area contributed by atoms with E-state index in [0.717, 1.165) is 55.3 Å². The number of likely N-dealkylation sites (tertiary alicyclic amines) is 1. The number of aromatic amines is 1. The van der Waals surface area contributed by atoms with Crippen molar-refractivity contribution in [2.24, 2.45) is 0 Å². The van der Waals surface area contributed by atoms with Gasteiger partial charge in [-0.15, -0.1) is 5.10 Å². The van der Waals surface area contributed by atoms with Crippen LogP contribution in [0.1, 0.15) is 43.8 Å². The van der Waals surface area contributed by atoms with Gasteiger partial charge >= 0.3 is 0 Å². The SMILES string of the molecule is CCCn1nnnc1CN1CCC[C@H](c2nc3ccccc3[nH]2)C1. The van der Waals surface area contributed by atoms with Crippen LogP contribution in [0.25, 0.3) is 11.0 Å². The first-order valence-electron chi connectivity index (χ1n) is 8.75. The Hall–Kier alpha value is -2.28. The molecule has 7 heteroatoms. The maximum Gasteiger partial charge on any atom is 0.165 e. The van der Waals surface area contributed by atoms with Crippen LogP contribution >= 0.6 is 0 Å². The van der Waals surface area contributed by atoms with Gasteiger partial charge in [0.25, 0.3) is 0 Å². The maximum absolute atomic E-state index is 4.79. The van der Waals surface area contributed by atoms with Gasteiger partial charge < -0.3 is 4.98 Å². The number of aryl methyl sites for hydroxylation is 1. The number of fused-ring (bicyclic) bond motifs is 1. The highest BCUT2D eigenvalue weighted by Gasteiger charge is 2.25. The van der Waals surface area contributed by atoms with Gasteiger partial charge in [0, 0.05) is 19.0 Å². The number of nitrogens with one attached hydrogen (secondary N) is 1. The van der Waals surface area contributed by atoms with Gasteiger partial charge in [-0.05, 0) is 48.4 Å². The summed E-state index contributed by atoms with van der Waals surface area (Å²) in [6, 6.07) is 8.23. The third-order valence-electron chi connectivity index (χ3n) is 4.71. The molecule has 4 rings (SSSR count). The van der Waals surface area contributed by atoms with Gasteiger partial charge in [-0.25, -0.2) is 9.67 Å². The first kappa shape index (κ1) is 15.3. The first-order valence-corrected chi connectivity index (χ1v) is 8.75. The standard InChI is InChI=1S/C17H23N7/c1-2-9-24-16(20-21-22-24)12-23-10-5-6-13(11-23)17-18-14-7-3-4-8-15(14)19-17/h3-4,7-8,13H,2,5-6,9-12H2,1H3,(H,18,19)/t13-/m0/s1. The summed E-state index contributed by atoms with van der Waals surface area (Å²) in [6.45, 7) is 5.92. The van der Waals surface area contributed by atoms with E-state index < -0.39 is 0 Å². The lowest BCUT2D eigenvalue weighted by Crippen LogP contribution is -2.35. The molecule has 1 N–H and O–H groups in total. The number of piperidine rings is 1. The predicted molar refractivity (Wildman–Crippen MR) is 91.5 cm³/mol. The molecule has 7 nitrogen and oxygen atoms in total. The molecule has 126 valence electrons. The van der Waals surface area contributed by atoms with Gasteiger partial charge in [0.15, 0.2) is 5.82 Å². The number of imidazole rings is 1. The van der Waals surface area contributed by atoms with E-state index in [1.807, 2.05) is 16.8 Å². The number of tetrazole rings is 1. The van der Waals surface area contributed by atoms with E-state index in [1.54, 1.807) is 0 Å². The zero-order valence-corrected chi connectivity index (χ0v) is 14.0. The first-order chi connectivity index (χ1) is 11.8. The largest absolute Gasteiger partial charge is 0.342 e. The van der Waals surface area contributed by atoms with Crippen LogP contribution in [0.15, 0.2) is 24.3 Å². The second-order valence-corrected chi connectivity index (χ2v) is 6.53. The third-order valence-corrected chi connectivity index (χ3v) is 4.71. The minimum Gasteiger partial charge on any atom is -0.342 e. The molecular weight excluding hydrogens is 302 g/mol. The summed E-state index contributed by atoms with van der Waals surface area (Å²) in [6.07, 6.45) is 3.40. The van der Waals surface area contributed by atoms with Crippen LogP contribution in [-0.4, -0.2) is 48.2 Å². The minimum atomic E-state index is 0.446. The van der Waals surface area contributed by atoms with Crippen molar-refractivity contribution in [2.75, 3.05) is 13.1 Å². The Bertz CT molecular complexity index is 773. The van der Waals surface area contributed by atoms with Crippen molar-refractivity contribution in [3.63, 3.8) is 0 Å². The second-order valence-electron chi connectivity index (χ2n) is 6.53. The number of hydrogen-bond donors (Lipinski definition) is 1. The molecule has 0 spiro atoms. The van der Waals surface area contributed by atoms with Crippen molar-refractivity contribution in [1.29, 1.82) is 0 Å². The maximum atomic E-state index is 4.79. The van der Waals surface area contributed by atoms with Crippen LogP contribution in [0.3, 0.4) is 0 Å². The average molecular weight is 325 g/mol. The van der Waals surface area contributed by atoms with E-state index in [2.05, 4.69) is 44.5 Å². The van der Waals surface area contributed by atoms with Gasteiger partial charge in [-0.1, -0.05) is 19.1 Å². The molecule has 3 heterocycles. The van der Waals surface area contributed by atoms with Crippen molar-refractivity contribution in [3.05, 3.63) is 35.9 Å². The Morgan fingerprint density at radius 1 is 1.29 bits per heavy atom. The van der Waals surface area contributed by atoms with Crippen LogP contribution in [0.4, 0.5) is 0 Å². The van der Waals surface area contributed by atoms with E-state index in [-0.39, 0.29) is 0 Å². The molecule has 1 atom stereocenters. The fraction of sp³-hybridized carbons (Fsp3) is 0.529. The summed E-state index contributed by atoms with van der Waals surface area (Å²) in [5.74, 6) is 2.51. The molecule has 0 bridgehead atoms. The zero-order chi connectivity index (χ0) is 16.4. The Morgan fingerprint density at radius 3 is 3.08 bits per heavy atom. The number of benzene rings is 1. The smallest absolute Gasteiger partial charge is 0.165 e. The minimum absolute atomic E-state index is 0.446. The topological polar surface area (TPSA) is 75.5 Å². The summed E-state index contributed by atoms with van der Waals surface area (Å²) in [4.78, 5) is 10.7. The van der Waals surface area contributed by atoms with Crippen LogP contribution in [-0.2, 0) is 13.1 Å². The van der Waals surface area contributed by atoms with Crippen LogP contribution in [0, 0.1) is 0 Å². The molecule has 1 aliphatic rings. The second kappa shape index (κ2) is 6.68. The van der Waals surface area contributed by atoms with E-state index in [1.165, 1.54) is 12.8 Å². The molecule has 0 saturated carbocycles. The summed E-state index contributed by atoms with van der Waals surface area (Å²) in [5, 5.41) is 12.1. The lowest BCUT2D eigenvalue weighted by molar-refractivity contribution is 0.189. The molecule has 0 radical (unpaired) electrons. The Morgan fingerprint density at radius 2 is 2.21 bits per heavy atom. The highest BCUT2D eigenvalue weighted by Crippen LogP contribution is 2.27. The molecule has 1 aliphatic heterocycles. The van der Waals surface area contributed by atoms with Crippen molar-refractivity contribution in [1.82, 2.24) is 35.1 Å². The normalized spacial score (nSPS) is 19.1. The van der Waals surface area contributed by atoms with Crippen LogP contribution in [0.2, 0.25) is 0 Å². The van der Waals surface area contributed by atoms with E-state index >= 15 is 0 Å². The molecular formula is C17H23N7. The number of rotatable bonds is 5. The number of para-hydroxylation sites is 2. The highest BCUT2D eigenvalue weighted by atomic mass is 15.5. The molecule has 0 amide bonds. The highest BCUT2D eigenvalue weighted by molar-refractivity contribution is 5.74. The predicted octanol–water partition coefficient (Wildman–Crippen LogP) is 2.34. The molecule has 0 unspecified atom stereocenters. The van der Waals surface area contributed by atoms with E-state index in [4.69, 9.17) is 4.98 Å². The van der Waals surface area contributed by atoms with E-state index in [0.29, 0.717) is 5.92 Å². The van der Waals surface area contributed by atoms with Gasteiger partial charge in [-0.3, -0.25) is 4.90 Å². The third kappa shape index (κ3) is 3.03. The van der Waals surface area contributed by atoms with Crippen molar-refractivity contribution >= 4 is 11.0 Å².